The molecule has 2 aromatic rings. The number of nitrogens with zero attached hydrogens (tertiary/aromatic N) is 2. The summed E-state index contributed by atoms with van der Waals surface area (Å²) >= 11 is 0. The highest BCUT2D eigenvalue weighted by molar-refractivity contribution is 5.28. The molecule has 0 aliphatic heterocycles. The van der Waals surface area contributed by atoms with E-state index in [2.05, 4.69) is 9.97 Å². The van der Waals surface area contributed by atoms with E-state index in [0.717, 1.165) is 18.3 Å². The Morgan fingerprint density at radius 3 is 2.37 bits per heavy atom. The molecule has 0 saturated heterocycles. The van der Waals surface area contributed by atoms with Crippen LogP contribution in [0.4, 0.5) is 17.6 Å². The highest BCUT2D eigenvalue weighted by atomic mass is 19.4. The Morgan fingerprint density at radius 1 is 1.11 bits per heavy atom. The average molecular weight is 271 g/mol. The molecule has 0 aliphatic carbocycles. The van der Waals surface area contributed by atoms with Crippen molar-refractivity contribution < 1.29 is 17.6 Å². The van der Waals surface area contributed by atoms with Gasteiger partial charge in [-0.05, 0) is 18.2 Å². The molecule has 7 heteroatoms. The first kappa shape index (κ1) is 13.4. The molecule has 3 nitrogen and oxygen atoms in total. The van der Waals surface area contributed by atoms with E-state index in [1.807, 2.05) is 0 Å². The van der Waals surface area contributed by atoms with E-state index >= 15 is 0 Å². The largest absolute Gasteiger partial charge is 0.417 e. The summed E-state index contributed by atoms with van der Waals surface area (Å²) in [6.45, 7) is 0. The first-order valence-corrected chi connectivity index (χ1v) is 5.27. The van der Waals surface area contributed by atoms with Gasteiger partial charge in [0.05, 0.1) is 23.5 Å². The SMILES string of the molecule is NC(c1ccc(C(F)(F)F)cn1)c1ccncc1F. The van der Waals surface area contributed by atoms with Crippen molar-refractivity contribution in [2.24, 2.45) is 5.73 Å². The molecule has 0 amide bonds. The average Bonchev–Trinajstić information content (AvgIpc) is 2.38. The van der Waals surface area contributed by atoms with E-state index in [1.54, 1.807) is 0 Å². The maximum atomic E-state index is 13.4. The fourth-order valence-electron chi connectivity index (χ4n) is 1.55. The number of alkyl halides is 3. The summed E-state index contributed by atoms with van der Waals surface area (Å²) in [5.41, 5.74) is 5.17. The molecule has 100 valence electrons. The third-order valence-corrected chi connectivity index (χ3v) is 2.57. The highest BCUT2D eigenvalue weighted by Gasteiger charge is 2.31. The molecule has 2 N–H and O–H groups in total. The van der Waals surface area contributed by atoms with Gasteiger partial charge in [0, 0.05) is 18.0 Å². The minimum Gasteiger partial charge on any atom is -0.319 e. The molecule has 0 aromatic carbocycles. The minimum absolute atomic E-state index is 0.127. The van der Waals surface area contributed by atoms with Crippen molar-refractivity contribution in [2.75, 3.05) is 0 Å². The standard InChI is InChI=1S/C12H9F4N3/c13-9-6-18-4-3-8(9)11(17)10-2-1-7(5-19-10)12(14,15)16/h1-6,11H,17H2. The predicted molar refractivity (Wildman–Crippen MR) is 59.5 cm³/mol. The van der Waals surface area contributed by atoms with Crippen molar-refractivity contribution in [3.63, 3.8) is 0 Å². The van der Waals surface area contributed by atoms with Gasteiger partial charge in [-0.2, -0.15) is 13.2 Å². The van der Waals surface area contributed by atoms with E-state index in [9.17, 15) is 17.6 Å². The van der Waals surface area contributed by atoms with Crippen LogP contribution in [0.25, 0.3) is 0 Å². The van der Waals surface area contributed by atoms with Crippen LogP contribution in [0.1, 0.15) is 22.9 Å². The van der Waals surface area contributed by atoms with Crippen molar-refractivity contribution >= 4 is 0 Å². The van der Waals surface area contributed by atoms with Gasteiger partial charge < -0.3 is 5.73 Å². The molecule has 0 saturated carbocycles. The summed E-state index contributed by atoms with van der Waals surface area (Å²) in [5.74, 6) is -0.628. The summed E-state index contributed by atoms with van der Waals surface area (Å²) in [6, 6.07) is 2.42. The molecule has 0 spiro atoms. The van der Waals surface area contributed by atoms with Gasteiger partial charge in [-0.3, -0.25) is 9.97 Å². The van der Waals surface area contributed by atoms with Crippen molar-refractivity contribution in [1.82, 2.24) is 9.97 Å². The quantitative estimate of drug-likeness (QED) is 0.854. The van der Waals surface area contributed by atoms with E-state index < -0.39 is 23.6 Å². The summed E-state index contributed by atoms with van der Waals surface area (Å²) in [5, 5.41) is 0. The Hall–Kier alpha value is -2.02. The first-order valence-electron chi connectivity index (χ1n) is 5.27. The monoisotopic (exact) mass is 271 g/mol. The zero-order chi connectivity index (χ0) is 14.0. The molecule has 0 fully saturated rings. The fourth-order valence-corrected chi connectivity index (χ4v) is 1.55. The summed E-state index contributed by atoms with van der Waals surface area (Å²) in [6.07, 6.45) is -1.45. The van der Waals surface area contributed by atoms with E-state index in [-0.39, 0.29) is 11.3 Å². The van der Waals surface area contributed by atoms with Crippen molar-refractivity contribution in [3.8, 4) is 0 Å². The molecule has 2 rings (SSSR count). The maximum absolute atomic E-state index is 13.4. The van der Waals surface area contributed by atoms with Crippen LogP contribution >= 0.6 is 0 Å². The smallest absolute Gasteiger partial charge is 0.319 e. The Balaban J connectivity index is 2.31. The van der Waals surface area contributed by atoms with Crippen LogP contribution in [0.15, 0.2) is 36.8 Å². The van der Waals surface area contributed by atoms with E-state index in [4.69, 9.17) is 5.73 Å². The second kappa shape index (κ2) is 4.93. The van der Waals surface area contributed by atoms with Crippen LogP contribution < -0.4 is 5.73 Å². The topological polar surface area (TPSA) is 51.8 Å². The summed E-state index contributed by atoms with van der Waals surface area (Å²) in [4.78, 5) is 7.20. The highest BCUT2D eigenvalue weighted by Crippen LogP contribution is 2.29. The lowest BCUT2D eigenvalue weighted by molar-refractivity contribution is -0.137. The number of halogens is 4. The third kappa shape index (κ3) is 2.87. The Labute approximate surface area is 106 Å². The maximum Gasteiger partial charge on any atom is 0.417 e. The lowest BCUT2D eigenvalue weighted by atomic mass is 10.0. The van der Waals surface area contributed by atoms with Crippen LogP contribution in [0.3, 0.4) is 0 Å². The number of nitrogens with two attached hydrogens (primary N) is 1. The van der Waals surface area contributed by atoms with Gasteiger partial charge in [0.1, 0.15) is 5.82 Å². The van der Waals surface area contributed by atoms with Gasteiger partial charge >= 0.3 is 6.18 Å². The zero-order valence-corrected chi connectivity index (χ0v) is 9.53. The molecule has 1 unspecified atom stereocenters. The first-order chi connectivity index (χ1) is 8.89. The van der Waals surface area contributed by atoms with Crippen molar-refractivity contribution in [1.29, 1.82) is 0 Å². The number of rotatable bonds is 2. The third-order valence-electron chi connectivity index (χ3n) is 2.57. The molecule has 19 heavy (non-hydrogen) atoms. The summed E-state index contributed by atoms with van der Waals surface area (Å²) < 4.78 is 50.5. The van der Waals surface area contributed by atoms with E-state index in [1.165, 1.54) is 12.3 Å². The molecular weight excluding hydrogens is 262 g/mol. The van der Waals surface area contributed by atoms with Crippen LogP contribution in [0, 0.1) is 5.82 Å². The number of aromatic nitrogens is 2. The van der Waals surface area contributed by atoms with Crippen LogP contribution in [0.2, 0.25) is 0 Å². The Kier molecular flexibility index (Phi) is 3.48. The Morgan fingerprint density at radius 2 is 1.84 bits per heavy atom. The lowest BCUT2D eigenvalue weighted by Gasteiger charge is -2.13. The second-order valence-corrected chi connectivity index (χ2v) is 3.84. The lowest BCUT2D eigenvalue weighted by Crippen LogP contribution is -2.16. The van der Waals surface area contributed by atoms with Crippen molar-refractivity contribution in [2.45, 2.75) is 12.2 Å². The number of hydrogen-bond donors (Lipinski definition) is 1. The number of hydrogen-bond acceptors (Lipinski definition) is 3. The molecule has 0 bridgehead atoms. The van der Waals surface area contributed by atoms with E-state index in [0.29, 0.717) is 6.20 Å². The zero-order valence-electron chi connectivity index (χ0n) is 9.53. The second-order valence-electron chi connectivity index (χ2n) is 3.84. The predicted octanol–water partition coefficient (Wildman–Crippen LogP) is 2.68. The van der Waals surface area contributed by atoms with Crippen molar-refractivity contribution in [3.05, 3.63) is 59.4 Å². The fraction of sp³-hybridized carbons (Fsp3) is 0.167. The van der Waals surface area contributed by atoms with Gasteiger partial charge in [0.2, 0.25) is 0 Å². The van der Waals surface area contributed by atoms with Crippen LogP contribution in [-0.2, 0) is 6.18 Å². The molecule has 0 aliphatic rings. The molecule has 1 atom stereocenters. The van der Waals surface area contributed by atoms with Gasteiger partial charge in [-0.15, -0.1) is 0 Å². The van der Waals surface area contributed by atoms with Crippen LogP contribution in [0.5, 0.6) is 0 Å². The minimum atomic E-state index is -4.46. The molecule has 0 radical (unpaired) electrons. The summed E-state index contributed by atoms with van der Waals surface area (Å²) in [7, 11) is 0. The molecule has 2 heterocycles. The number of pyridine rings is 2. The van der Waals surface area contributed by atoms with Gasteiger partial charge in [-0.1, -0.05) is 0 Å². The normalized spacial score (nSPS) is 13.3. The molecule has 2 aromatic heterocycles. The van der Waals surface area contributed by atoms with Gasteiger partial charge in [-0.25, -0.2) is 4.39 Å². The Bertz CT molecular complexity index is 566. The van der Waals surface area contributed by atoms with Gasteiger partial charge in [0.15, 0.2) is 0 Å². The van der Waals surface area contributed by atoms with Crippen LogP contribution in [-0.4, -0.2) is 9.97 Å². The molecular formula is C12H9F4N3. The van der Waals surface area contributed by atoms with Gasteiger partial charge in [0.25, 0.3) is 0 Å².